The molecule has 0 bridgehead atoms. The molecule has 0 aliphatic carbocycles. The third kappa shape index (κ3) is 6.77. The first-order valence-corrected chi connectivity index (χ1v) is 16.2. The number of hydrogen-bond donors (Lipinski definition) is 0. The molecule has 0 saturated carbocycles. The van der Waals surface area contributed by atoms with Gasteiger partial charge >= 0.3 is 0 Å². The van der Waals surface area contributed by atoms with E-state index in [4.69, 9.17) is 0 Å². The Morgan fingerprint density at radius 3 is 1.17 bits per heavy atom. The van der Waals surface area contributed by atoms with Crippen molar-refractivity contribution in [2.75, 3.05) is 9.80 Å². The summed E-state index contributed by atoms with van der Waals surface area (Å²) in [5.41, 5.74) is 12.0. The van der Waals surface area contributed by atoms with E-state index >= 15 is 0 Å². The average Bonchev–Trinajstić information content (AvgIpc) is 3.06. The van der Waals surface area contributed by atoms with Crippen molar-refractivity contribution in [3.63, 3.8) is 0 Å². The maximum Gasteiger partial charge on any atom is 0.0464 e. The Kier molecular flexibility index (Phi) is 8.56. The predicted molar refractivity (Wildman–Crippen MR) is 199 cm³/mol. The highest BCUT2D eigenvalue weighted by molar-refractivity contribution is 5.79. The van der Waals surface area contributed by atoms with Crippen molar-refractivity contribution in [1.29, 1.82) is 0 Å². The summed E-state index contributed by atoms with van der Waals surface area (Å²) in [7, 11) is 0. The number of rotatable bonds is 7. The largest absolute Gasteiger partial charge is 0.336 e. The SMILES string of the molecule is CC(C)(C)c1cccc(N(c2ccccc2)c2ccc(-c3ccc(-c4ccc(N(c5ccccc5)C(C)(C)C)cc4)cc3)cc2)c1. The van der Waals surface area contributed by atoms with E-state index < -0.39 is 0 Å². The fourth-order valence-electron chi connectivity index (χ4n) is 6.10. The molecule has 0 radical (unpaired) electrons. The summed E-state index contributed by atoms with van der Waals surface area (Å²) in [6, 6.07) is 56.9. The molecule has 0 aliphatic heterocycles. The van der Waals surface area contributed by atoms with Gasteiger partial charge < -0.3 is 9.80 Å². The van der Waals surface area contributed by atoms with Crippen LogP contribution in [0.25, 0.3) is 22.3 Å². The van der Waals surface area contributed by atoms with Crippen molar-refractivity contribution in [1.82, 2.24) is 0 Å². The van der Waals surface area contributed by atoms with Gasteiger partial charge in [-0.2, -0.15) is 0 Å². The van der Waals surface area contributed by atoms with Crippen LogP contribution in [-0.2, 0) is 5.41 Å². The van der Waals surface area contributed by atoms with E-state index in [9.17, 15) is 0 Å². The predicted octanol–water partition coefficient (Wildman–Crippen LogP) is 12.7. The minimum absolute atomic E-state index is 0.0470. The first kappa shape index (κ1) is 30.9. The summed E-state index contributed by atoms with van der Waals surface area (Å²) in [5, 5.41) is 0. The zero-order valence-corrected chi connectivity index (χ0v) is 27.9. The van der Waals surface area contributed by atoms with Crippen LogP contribution in [0, 0.1) is 0 Å². The number of hydrogen-bond acceptors (Lipinski definition) is 2. The first-order chi connectivity index (χ1) is 22.1. The molecule has 0 amide bonds. The Bertz CT molecular complexity index is 1860. The van der Waals surface area contributed by atoms with E-state index in [2.05, 4.69) is 209 Å². The topological polar surface area (TPSA) is 6.48 Å². The maximum absolute atomic E-state index is 2.39. The second-order valence-corrected chi connectivity index (χ2v) is 14.0. The maximum atomic E-state index is 2.39. The Hall–Kier alpha value is -5.08. The van der Waals surface area contributed by atoms with Crippen LogP contribution in [0.15, 0.2) is 158 Å². The van der Waals surface area contributed by atoms with Gasteiger partial charge in [0.15, 0.2) is 0 Å². The molecule has 6 aromatic carbocycles. The lowest BCUT2D eigenvalue weighted by Gasteiger charge is -2.38. The van der Waals surface area contributed by atoms with Gasteiger partial charge in [-0.15, -0.1) is 0 Å². The molecule has 46 heavy (non-hydrogen) atoms. The van der Waals surface area contributed by atoms with Gasteiger partial charge in [0.2, 0.25) is 0 Å². The Balaban J connectivity index is 1.24. The molecular formula is C44H44N2. The molecule has 0 unspecified atom stereocenters. The third-order valence-corrected chi connectivity index (χ3v) is 8.47. The van der Waals surface area contributed by atoms with Crippen LogP contribution in [-0.4, -0.2) is 5.54 Å². The van der Waals surface area contributed by atoms with Crippen LogP contribution in [0.5, 0.6) is 0 Å². The highest BCUT2D eigenvalue weighted by Crippen LogP contribution is 2.38. The summed E-state index contributed by atoms with van der Waals surface area (Å²) in [5.74, 6) is 0. The van der Waals surface area contributed by atoms with Gasteiger partial charge in [-0.25, -0.2) is 0 Å². The highest BCUT2D eigenvalue weighted by atomic mass is 15.2. The third-order valence-electron chi connectivity index (χ3n) is 8.47. The molecule has 6 rings (SSSR count). The van der Waals surface area contributed by atoms with Gasteiger partial charge in [0.05, 0.1) is 0 Å². The summed E-state index contributed by atoms with van der Waals surface area (Å²) in [6.07, 6.45) is 0. The summed E-state index contributed by atoms with van der Waals surface area (Å²) < 4.78 is 0. The lowest BCUT2D eigenvalue weighted by Crippen LogP contribution is -2.37. The molecule has 230 valence electrons. The van der Waals surface area contributed by atoms with E-state index in [0.29, 0.717) is 0 Å². The average molecular weight is 601 g/mol. The molecule has 2 nitrogen and oxygen atoms in total. The minimum Gasteiger partial charge on any atom is -0.336 e. The molecule has 0 spiro atoms. The van der Waals surface area contributed by atoms with Gasteiger partial charge in [0.25, 0.3) is 0 Å². The van der Waals surface area contributed by atoms with Crippen LogP contribution in [0.4, 0.5) is 28.4 Å². The summed E-state index contributed by atoms with van der Waals surface area (Å²) >= 11 is 0. The minimum atomic E-state index is -0.0470. The van der Waals surface area contributed by atoms with Crippen molar-refractivity contribution in [3.8, 4) is 22.3 Å². The second kappa shape index (κ2) is 12.7. The van der Waals surface area contributed by atoms with Gasteiger partial charge in [0, 0.05) is 34.0 Å². The van der Waals surface area contributed by atoms with Crippen LogP contribution in [0.2, 0.25) is 0 Å². The van der Waals surface area contributed by atoms with E-state index in [1.165, 1.54) is 39.2 Å². The van der Waals surface area contributed by atoms with Crippen molar-refractivity contribution in [3.05, 3.63) is 163 Å². The standard InChI is InChI=1S/C44H44N2/c1-43(2,3)37-14-13-19-42(32-37)45(38-15-9-7-10-16-38)39-28-24-35(25-29-39)33-20-22-34(23-21-33)36-26-30-41(31-27-36)46(44(4,5)6)40-17-11-8-12-18-40/h7-32H,1-6H3. The molecule has 0 saturated heterocycles. The Morgan fingerprint density at radius 2 is 0.717 bits per heavy atom. The molecule has 0 heterocycles. The van der Waals surface area contributed by atoms with Crippen LogP contribution < -0.4 is 9.80 Å². The summed E-state index contributed by atoms with van der Waals surface area (Å²) in [4.78, 5) is 4.73. The van der Waals surface area contributed by atoms with E-state index in [1.807, 2.05) is 0 Å². The monoisotopic (exact) mass is 600 g/mol. The molecular weight excluding hydrogens is 556 g/mol. The molecule has 0 aliphatic rings. The van der Waals surface area contributed by atoms with Crippen LogP contribution >= 0.6 is 0 Å². The molecule has 0 aromatic heterocycles. The molecule has 2 heteroatoms. The lowest BCUT2D eigenvalue weighted by atomic mass is 9.87. The molecule has 0 atom stereocenters. The van der Waals surface area contributed by atoms with Crippen molar-refractivity contribution in [2.24, 2.45) is 0 Å². The zero-order chi connectivity index (χ0) is 32.3. The number of benzene rings is 6. The molecule has 6 aromatic rings. The van der Waals surface area contributed by atoms with E-state index in [-0.39, 0.29) is 11.0 Å². The number of anilines is 5. The lowest BCUT2D eigenvalue weighted by molar-refractivity contribution is 0.560. The quantitative estimate of drug-likeness (QED) is 0.180. The highest BCUT2D eigenvalue weighted by Gasteiger charge is 2.23. The van der Waals surface area contributed by atoms with Crippen LogP contribution in [0.3, 0.4) is 0 Å². The van der Waals surface area contributed by atoms with Crippen molar-refractivity contribution in [2.45, 2.75) is 52.5 Å². The smallest absolute Gasteiger partial charge is 0.0464 e. The normalized spacial score (nSPS) is 11.7. The van der Waals surface area contributed by atoms with Crippen molar-refractivity contribution < 1.29 is 0 Å². The van der Waals surface area contributed by atoms with Gasteiger partial charge in [-0.1, -0.05) is 118 Å². The zero-order valence-electron chi connectivity index (χ0n) is 27.9. The first-order valence-electron chi connectivity index (χ1n) is 16.2. The van der Waals surface area contributed by atoms with Gasteiger partial charge in [-0.3, -0.25) is 0 Å². The van der Waals surface area contributed by atoms with Gasteiger partial charge in [0.1, 0.15) is 0 Å². The fraction of sp³-hybridized carbons (Fsp3) is 0.182. The molecule has 0 N–H and O–H groups in total. The molecule has 0 fully saturated rings. The van der Waals surface area contributed by atoms with E-state index in [1.54, 1.807) is 0 Å². The number of para-hydroxylation sites is 2. The second-order valence-electron chi connectivity index (χ2n) is 14.0. The summed E-state index contributed by atoms with van der Waals surface area (Å²) in [6.45, 7) is 13.6. The number of nitrogens with zero attached hydrogens (tertiary/aromatic N) is 2. The van der Waals surface area contributed by atoms with E-state index in [0.717, 1.165) is 17.1 Å². The van der Waals surface area contributed by atoms with Gasteiger partial charge in [-0.05, 0) is 115 Å². The van der Waals surface area contributed by atoms with Crippen molar-refractivity contribution >= 4 is 28.4 Å². The van der Waals surface area contributed by atoms with Crippen LogP contribution in [0.1, 0.15) is 47.1 Å². The fourth-order valence-corrected chi connectivity index (χ4v) is 6.10. The Labute approximate surface area is 275 Å². The Morgan fingerprint density at radius 1 is 0.348 bits per heavy atom.